The summed E-state index contributed by atoms with van der Waals surface area (Å²) in [5.41, 5.74) is -0.0127. The van der Waals surface area contributed by atoms with Crippen LogP contribution in [0.2, 0.25) is 0 Å². The van der Waals surface area contributed by atoms with Gasteiger partial charge in [0.25, 0.3) is 5.91 Å². The van der Waals surface area contributed by atoms with E-state index in [0.717, 1.165) is 5.56 Å². The lowest BCUT2D eigenvalue weighted by Gasteiger charge is -2.37. The Balaban J connectivity index is 1.36. The first-order valence-corrected chi connectivity index (χ1v) is 21.0. The highest BCUT2D eigenvalue weighted by Gasteiger charge is 2.62. The van der Waals surface area contributed by atoms with Crippen molar-refractivity contribution >= 4 is 44.7 Å². The monoisotopic (exact) mass is 802 g/mol. The van der Waals surface area contributed by atoms with E-state index in [1.165, 1.54) is 15.9 Å². The maximum Gasteiger partial charge on any atom is 0.318 e. The van der Waals surface area contributed by atoms with Gasteiger partial charge in [-0.05, 0) is 58.1 Å². The largest absolute Gasteiger partial charge is 0.497 e. The molecule has 3 N–H and O–H groups in total. The van der Waals surface area contributed by atoms with Crippen molar-refractivity contribution in [1.82, 2.24) is 30.1 Å². The standard InChI is InChI=1S/C42H54N6O8S/c1-9-25(3)36(47(7)40(52)45-41(4,5)6)38(50)48-24-29(21-34(48)37(49)44-42(23-27(42)10-2)39(51)46-57(53,54)30-17-18-30)56-35-22-32(26-14-12-11-13-15-26)43-33-20-28(55-8)16-19-31(33)35/h10-16,19-20,22,25,27,29-30,34,36H,2,9,17-18,21,23-24H2,1,3-8H3,(H,44,49)(H,45,52)(H,46,51)/t25-,27+,29+,34-,36-,42+/m0/s1. The molecular weight excluding hydrogens is 749 g/mol. The van der Waals surface area contributed by atoms with Crippen LogP contribution in [-0.2, 0) is 24.4 Å². The molecule has 0 bridgehead atoms. The Bertz CT molecular complexity index is 2150. The minimum absolute atomic E-state index is 0.0145. The second-order valence-corrected chi connectivity index (χ2v) is 18.5. The lowest BCUT2D eigenvalue weighted by atomic mass is 9.96. The van der Waals surface area contributed by atoms with E-state index in [0.29, 0.717) is 47.4 Å². The average molecular weight is 803 g/mol. The SMILES string of the molecule is C=C[C@@H]1C[C@]1(NC(=O)[C@@H]1C[C@@H](Oc2cc(-c3ccccc3)nc3cc(OC)ccc23)CN1C(=O)[C@H]([C@@H](C)CC)N(C)C(=O)NC(C)(C)C)C(=O)NS(=O)(=O)C1CC1. The van der Waals surface area contributed by atoms with E-state index >= 15 is 0 Å². The molecule has 15 heteroatoms. The van der Waals surface area contributed by atoms with Crippen LogP contribution in [0.5, 0.6) is 11.5 Å². The molecule has 6 rings (SSSR count). The molecule has 0 spiro atoms. The van der Waals surface area contributed by atoms with Crippen LogP contribution in [0.4, 0.5) is 4.79 Å². The van der Waals surface area contributed by atoms with Crippen molar-refractivity contribution in [2.75, 3.05) is 20.7 Å². The van der Waals surface area contributed by atoms with Gasteiger partial charge in [0.1, 0.15) is 35.2 Å². The highest BCUT2D eigenvalue weighted by molar-refractivity contribution is 7.91. The van der Waals surface area contributed by atoms with Gasteiger partial charge in [-0.15, -0.1) is 6.58 Å². The number of nitrogens with zero attached hydrogens (tertiary/aromatic N) is 3. The predicted octanol–water partition coefficient (Wildman–Crippen LogP) is 4.78. The van der Waals surface area contributed by atoms with Crippen LogP contribution in [0.25, 0.3) is 22.2 Å². The van der Waals surface area contributed by atoms with Crippen molar-refractivity contribution in [3.8, 4) is 22.8 Å². The normalized spacial score (nSPS) is 22.9. The molecule has 3 aliphatic rings. The average Bonchev–Trinajstić information content (AvgIpc) is 4.10. The second kappa shape index (κ2) is 16.0. The van der Waals surface area contributed by atoms with Gasteiger partial charge in [-0.25, -0.2) is 18.2 Å². The lowest BCUT2D eigenvalue weighted by molar-refractivity contribution is -0.143. The molecule has 3 fully saturated rings. The molecule has 1 aliphatic heterocycles. The van der Waals surface area contributed by atoms with Crippen LogP contribution < -0.4 is 24.8 Å². The van der Waals surface area contributed by atoms with E-state index < -0.39 is 74.2 Å². The summed E-state index contributed by atoms with van der Waals surface area (Å²) in [6, 6.07) is 14.4. The first kappa shape index (κ1) is 41.5. The predicted molar refractivity (Wildman–Crippen MR) is 217 cm³/mol. The number of likely N-dealkylation sites (tertiary alicyclic amines) is 1. The Hall–Kier alpha value is -5.18. The topological polar surface area (TPSA) is 176 Å². The number of rotatable bonds is 14. The van der Waals surface area contributed by atoms with Gasteiger partial charge in [-0.2, -0.15) is 0 Å². The third kappa shape index (κ3) is 8.88. The summed E-state index contributed by atoms with van der Waals surface area (Å²) in [6.45, 7) is 13.1. The van der Waals surface area contributed by atoms with Gasteiger partial charge in [0.05, 0.1) is 30.1 Å². The molecule has 57 heavy (non-hydrogen) atoms. The summed E-state index contributed by atoms with van der Waals surface area (Å²) in [6.07, 6.45) is 2.47. The van der Waals surface area contributed by atoms with Crippen molar-refractivity contribution in [3.05, 3.63) is 67.3 Å². The Morgan fingerprint density at radius 2 is 1.81 bits per heavy atom. The van der Waals surface area contributed by atoms with Crippen molar-refractivity contribution in [2.24, 2.45) is 11.8 Å². The van der Waals surface area contributed by atoms with Gasteiger partial charge in [0.2, 0.25) is 21.8 Å². The Morgan fingerprint density at radius 1 is 1.11 bits per heavy atom. The number of carbonyl (C=O) groups is 4. The quantitative estimate of drug-likeness (QED) is 0.194. The summed E-state index contributed by atoms with van der Waals surface area (Å²) in [5.74, 6) is -1.67. The van der Waals surface area contributed by atoms with Crippen molar-refractivity contribution in [3.63, 3.8) is 0 Å². The minimum Gasteiger partial charge on any atom is -0.497 e. The molecule has 5 amide bonds. The zero-order valence-electron chi connectivity index (χ0n) is 33.7. The Kier molecular flexibility index (Phi) is 11.6. The van der Waals surface area contributed by atoms with Gasteiger partial charge in [0.15, 0.2) is 0 Å². The number of carbonyl (C=O) groups excluding carboxylic acids is 4. The number of benzene rings is 2. The third-order valence-electron chi connectivity index (χ3n) is 11.1. The molecule has 3 aromatic rings. The summed E-state index contributed by atoms with van der Waals surface area (Å²) >= 11 is 0. The molecule has 6 atom stereocenters. The van der Waals surface area contributed by atoms with Crippen molar-refractivity contribution < 1.29 is 37.1 Å². The fraction of sp³-hybridized carbons (Fsp3) is 0.500. The minimum atomic E-state index is -3.91. The molecule has 0 radical (unpaired) electrons. The molecule has 306 valence electrons. The maximum absolute atomic E-state index is 14.9. The molecule has 1 aromatic heterocycles. The first-order chi connectivity index (χ1) is 26.9. The zero-order chi connectivity index (χ0) is 41.4. The second-order valence-electron chi connectivity index (χ2n) is 16.5. The molecule has 2 aromatic carbocycles. The van der Waals surface area contributed by atoms with E-state index in [1.54, 1.807) is 20.2 Å². The molecule has 2 saturated carbocycles. The third-order valence-corrected chi connectivity index (χ3v) is 12.9. The lowest BCUT2D eigenvalue weighted by Crippen LogP contribution is -2.60. The smallest absolute Gasteiger partial charge is 0.318 e. The molecule has 1 saturated heterocycles. The van der Waals surface area contributed by atoms with E-state index in [9.17, 15) is 27.6 Å². The number of sulfonamides is 1. The summed E-state index contributed by atoms with van der Waals surface area (Å²) in [7, 11) is -0.771. The van der Waals surface area contributed by atoms with Crippen molar-refractivity contribution in [2.45, 2.75) is 101 Å². The number of hydrogen-bond acceptors (Lipinski definition) is 9. The molecular formula is C42H54N6O8S. The number of ether oxygens (including phenoxy) is 2. The van der Waals surface area contributed by atoms with Crippen LogP contribution in [0.15, 0.2) is 67.3 Å². The first-order valence-electron chi connectivity index (χ1n) is 19.5. The van der Waals surface area contributed by atoms with Crippen molar-refractivity contribution in [1.29, 1.82) is 0 Å². The Morgan fingerprint density at radius 3 is 2.40 bits per heavy atom. The van der Waals surface area contributed by atoms with Crippen LogP contribution >= 0.6 is 0 Å². The number of likely N-dealkylation sites (N-methyl/N-ethyl adjacent to an activating group) is 1. The summed E-state index contributed by atoms with van der Waals surface area (Å²) < 4.78 is 40.0. The fourth-order valence-corrected chi connectivity index (χ4v) is 8.81. The molecule has 0 unspecified atom stereocenters. The van der Waals surface area contributed by atoms with Gasteiger partial charge in [0, 0.05) is 48.0 Å². The van der Waals surface area contributed by atoms with E-state index in [4.69, 9.17) is 14.5 Å². The fourth-order valence-electron chi connectivity index (χ4n) is 7.45. The number of fused-ring (bicyclic) bond motifs is 1. The Labute approximate surface area is 334 Å². The number of urea groups is 1. The number of aromatic nitrogens is 1. The van der Waals surface area contributed by atoms with Gasteiger partial charge in [-0.1, -0.05) is 56.7 Å². The van der Waals surface area contributed by atoms with Gasteiger partial charge >= 0.3 is 6.03 Å². The van der Waals surface area contributed by atoms with E-state index in [-0.39, 0.29) is 25.3 Å². The number of methoxy groups -OCH3 is 1. The van der Waals surface area contributed by atoms with Gasteiger partial charge < -0.3 is 29.9 Å². The van der Waals surface area contributed by atoms with Crippen LogP contribution in [0.1, 0.15) is 66.7 Å². The van der Waals surface area contributed by atoms with Crippen LogP contribution in [-0.4, -0.2) is 102 Å². The highest BCUT2D eigenvalue weighted by atomic mass is 32.2. The van der Waals surface area contributed by atoms with Crippen LogP contribution in [0, 0.1) is 11.8 Å². The number of nitrogens with one attached hydrogen (secondary N) is 3. The zero-order valence-corrected chi connectivity index (χ0v) is 34.5. The number of amides is 5. The number of pyridine rings is 1. The summed E-state index contributed by atoms with van der Waals surface area (Å²) in [5, 5.41) is 5.82. The number of hydrogen-bond donors (Lipinski definition) is 3. The molecule has 2 aliphatic carbocycles. The van der Waals surface area contributed by atoms with Gasteiger partial charge in [-0.3, -0.25) is 19.1 Å². The summed E-state index contributed by atoms with van der Waals surface area (Å²) in [4.78, 5) is 64.2. The molecule has 2 heterocycles. The highest BCUT2D eigenvalue weighted by Crippen LogP contribution is 2.46. The maximum atomic E-state index is 14.9. The molecule has 14 nitrogen and oxygen atoms in total. The van der Waals surface area contributed by atoms with Crippen LogP contribution in [0.3, 0.4) is 0 Å². The van der Waals surface area contributed by atoms with E-state index in [2.05, 4.69) is 21.9 Å². The van der Waals surface area contributed by atoms with E-state index in [1.807, 2.05) is 83.1 Å².